The number of halogens is 2. The Hall–Kier alpha value is -2.08. The van der Waals surface area contributed by atoms with Crippen LogP contribution in [0.4, 0.5) is 10.1 Å². The van der Waals surface area contributed by atoms with E-state index in [1.165, 1.54) is 6.07 Å². The van der Waals surface area contributed by atoms with Crippen LogP contribution in [0.1, 0.15) is 5.56 Å². The van der Waals surface area contributed by atoms with Gasteiger partial charge in [0, 0.05) is 15.7 Å². The average molecular weight is 352 g/mol. The molecule has 0 fully saturated rings. The lowest BCUT2D eigenvalue weighted by molar-refractivity contribution is 0.415. The number of nitrogens with zero attached hydrogens (tertiary/aromatic N) is 1. The first-order chi connectivity index (χ1) is 10.1. The van der Waals surface area contributed by atoms with Gasteiger partial charge in [0.25, 0.3) is 0 Å². The van der Waals surface area contributed by atoms with E-state index in [1.807, 2.05) is 24.3 Å². The SMILES string of the molecule is COc1ccc(NC(N)=NCc2cc(Br)ccc2F)cc1. The van der Waals surface area contributed by atoms with E-state index in [-0.39, 0.29) is 18.3 Å². The fraction of sp³-hybridized carbons (Fsp3) is 0.133. The molecule has 2 aromatic rings. The molecule has 21 heavy (non-hydrogen) atoms. The molecule has 0 atom stereocenters. The molecule has 0 heterocycles. The van der Waals surface area contributed by atoms with E-state index >= 15 is 0 Å². The van der Waals surface area contributed by atoms with Crippen LogP contribution >= 0.6 is 15.9 Å². The third kappa shape index (κ3) is 4.46. The highest BCUT2D eigenvalue weighted by Crippen LogP contribution is 2.17. The summed E-state index contributed by atoms with van der Waals surface area (Å²) < 4.78 is 19.4. The Labute approximate surface area is 131 Å². The minimum atomic E-state index is -0.306. The van der Waals surface area contributed by atoms with Crippen LogP contribution in [0.2, 0.25) is 0 Å². The molecule has 0 radical (unpaired) electrons. The van der Waals surface area contributed by atoms with Gasteiger partial charge in [0.1, 0.15) is 11.6 Å². The quantitative estimate of drug-likeness (QED) is 0.654. The number of ether oxygens (including phenoxy) is 1. The number of nitrogens with one attached hydrogen (secondary N) is 1. The molecule has 0 aliphatic rings. The number of hydrogen-bond donors (Lipinski definition) is 2. The molecule has 110 valence electrons. The number of guanidine groups is 1. The summed E-state index contributed by atoms with van der Waals surface area (Å²) in [5.74, 6) is 0.672. The molecular formula is C15H15BrFN3O. The second-order valence-corrected chi connectivity index (χ2v) is 5.21. The molecule has 0 aliphatic heterocycles. The van der Waals surface area contributed by atoms with Gasteiger partial charge in [0.2, 0.25) is 0 Å². The number of hydrogen-bond acceptors (Lipinski definition) is 2. The fourth-order valence-electron chi connectivity index (χ4n) is 1.70. The Morgan fingerprint density at radius 2 is 2.00 bits per heavy atom. The van der Waals surface area contributed by atoms with Crippen LogP contribution in [0.25, 0.3) is 0 Å². The zero-order chi connectivity index (χ0) is 15.2. The molecule has 2 aromatic carbocycles. The zero-order valence-electron chi connectivity index (χ0n) is 11.4. The highest BCUT2D eigenvalue weighted by Gasteiger charge is 2.02. The Morgan fingerprint density at radius 3 is 2.67 bits per heavy atom. The van der Waals surface area contributed by atoms with Gasteiger partial charge in [0.05, 0.1) is 13.7 Å². The van der Waals surface area contributed by atoms with Gasteiger partial charge in [-0.25, -0.2) is 9.38 Å². The molecule has 0 aromatic heterocycles. The van der Waals surface area contributed by atoms with Gasteiger partial charge in [-0.2, -0.15) is 0 Å². The van der Waals surface area contributed by atoms with Crippen molar-refractivity contribution >= 4 is 27.6 Å². The summed E-state index contributed by atoms with van der Waals surface area (Å²) in [6.45, 7) is 0.167. The second-order valence-electron chi connectivity index (χ2n) is 4.29. The summed E-state index contributed by atoms with van der Waals surface area (Å²) in [6, 6.07) is 12.0. The van der Waals surface area contributed by atoms with Gasteiger partial charge in [-0.15, -0.1) is 0 Å². The lowest BCUT2D eigenvalue weighted by atomic mass is 10.2. The summed E-state index contributed by atoms with van der Waals surface area (Å²) in [6.07, 6.45) is 0. The summed E-state index contributed by atoms with van der Waals surface area (Å²) in [4.78, 5) is 4.13. The molecule has 0 saturated carbocycles. The van der Waals surface area contributed by atoms with Gasteiger partial charge in [-0.05, 0) is 42.5 Å². The molecule has 0 amide bonds. The molecule has 0 saturated heterocycles. The Balaban J connectivity index is 2.01. The Morgan fingerprint density at radius 1 is 1.29 bits per heavy atom. The van der Waals surface area contributed by atoms with Crippen molar-refractivity contribution in [2.45, 2.75) is 6.54 Å². The van der Waals surface area contributed by atoms with Crippen molar-refractivity contribution in [2.75, 3.05) is 12.4 Å². The lowest BCUT2D eigenvalue weighted by Gasteiger charge is -2.07. The molecule has 4 nitrogen and oxygen atoms in total. The predicted molar refractivity (Wildman–Crippen MR) is 86.0 cm³/mol. The Kier molecular flexibility index (Phi) is 5.16. The standard InChI is InChI=1S/C15H15BrFN3O/c1-21-13-5-3-12(4-6-13)20-15(18)19-9-10-8-11(16)2-7-14(10)17/h2-8H,9H2,1H3,(H3,18,19,20). The number of methoxy groups -OCH3 is 1. The van der Waals surface area contributed by atoms with Crippen molar-refractivity contribution in [1.82, 2.24) is 0 Å². The summed E-state index contributed by atoms with van der Waals surface area (Å²) in [5, 5.41) is 2.94. The third-order valence-corrected chi connectivity index (χ3v) is 3.28. The molecule has 6 heteroatoms. The maximum absolute atomic E-state index is 13.6. The summed E-state index contributed by atoms with van der Waals surface area (Å²) >= 11 is 3.30. The van der Waals surface area contributed by atoms with Crippen molar-refractivity contribution in [3.05, 3.63) is 58.3 Å². The van der Waals surface area contributed by atoms with Crippen LogP contribution in [0.3, 0.4) is 0 Å². The van der Waals surface area contributed by atoms with Crippen LogP contribution in [0.15, 0.2) is 51.9 Å². The first kappa shape index (κ1) is 15.3. The molecular weight excluding hydrogens is 337 g/mol. The molecule has 0 spiro atoms. The first-order valence-corrected chi connectivity index (χ1v) is 7.02. The van der Waals surface area contributed by atoms with E-state index in [0.29, 0.717) is 5.56 Å². The molecule has 0 aliphatic carbocycles. The van der Waals surface area contributed by atoms with Gasteiger partial charge in [0.15, 0.2) is 5.96 Å². The van der Waals surface area contributed by atoms with Crippen LogP contribution in [-0.4, -0.2) is 13.1 Å². The third-order valence-electron chi connectivity index (χ3n) is 2.79. The molecule has 0 bridgehead atoms. The Bertz CT molecular complexity index is 644. The van der Waals surface area contributed by atoms with E-state index in [2.05, 4.69) is 26.2 Å². The number of aliphatic imine (C=N–C) groups is 1. The van der Waals surface area contributed by atoms with Crippen LogP contribution in [-0.2, 0) is 6.54 Å². The zero-order valence-corrected chi connectivity index (χ0v) is 13.0. The number of anilines is 1. The van der Waals surface area contributed by atoms with Crippen molar-refractivity contribution in [2.24, 2.45) is 10.7 Å². The smallest absolute Gasteiger partial charge is 0.193 e. The second kappa shape index (κ2) is 7.08. The van der Waals surface area contributed by atoms with Crippen molar-refractivity contribution < 1.29 is 9.13 Å². The van der Waals surface area contributed by atoms with Gasteiger partial charge >= 0.3 is 0 Å². The first-order valence-electron chi connectivity index (χ1n) is 6.23. The highest BCUT2D eigenvalue weighted by molar-refractivity contribution is 9.10. The summed E-state index contributed by atoms with van der Waals surface area (Å²) in [5.41, 5.74) is 7.05. The monoisotopic (exact) mass is 351 g/mol. The van der Waals surface area contributed by atoms with E-state index < -0.39 is 0 Å². The van der Waals surface area contributed by atoms with E-state index in [9.17, 15) is 4.39 Å². The van der Waals surface area contributed by atoms with Crippen molar-refractivity contribution in [3.8, 4) is 5.75 Å². The molecule has 2 rings (SSSR count). The highest BCUT2D eigenvalue weighted by atomic mass is 79.9. The van der Waals surface area contributed by atoms with Gasteiger partial charge in [-0.1, -0.05) is 15.9 Å². The van der Waals surface area contributed by atoms with Crippen LogP contribution in [0, 0.1) is 5.82 Å². The largest absolute Gasteiger partial charge is 0.497 e. The van der Waals surface area contributed by atoms with Crippen molar-refractivity contribution in [3.63, 3.8) is 0 Å². The van der Waals surface area contributed by atoms with Gasteiger partial charge < -0.3 is 15.8 Å². The normalized spacial score (nSPS) is 11.3. The number of rotatable bonds is 4. The minimum Gasteiger partial charge on any atom is -0.497 e. The van der Waals surface area contributed by atoms with Gasteiger partial charge in [-0.3, -0.25) is 0 Å². The maximum atomic E-state index is 13.6. The summed E-state index contributed by atoms with van der Waals surface area (Å²) in [7, 11) is 1.60. The van der Waals surface area contributed by atoms with Crippen molar-refractivity contribution in [1.29, 1.82) is 0 Å². The molecule has 3 N–H and O–H groups in total. The van der Waals surface area contributed by atoms with E-state index in [4.69, 9.17) is 10.5 Å². The number of benzene rings is 2. The maximum Gasteiger partial charge on any atom is 0.193 e. The molecule has 0 unspecified atom stereocenters. The number of nitrogens with two attached hydrogens (primary N) is 1. The topological polar surface area (TPSA) is 59.6 Å². The van der Waals surface area contributed by atoms with E-state index in [0.717, 1.165) is 15.9 Å². The fourth-order valence-corrected chi connectivity index (χ4v) is 2.11. The van der Waals surface area contributed by atoms with E-state index in [1.54, 1.807) is 19.2 Å². The average Bonchev–Trinajstić information content (AvgIpc) is 2.49. The van der Waals surface area contributed by atoms with Crippen LogP contribution < -0.4 is 15.8 Å². The predicted octanol–water partition coefficient (Wildman–Crippen LogP) is 3.52. The minimum absolute atomic E-state index is 0.167. The lowest BCUT2D eigenvalue weighted by Crippen LogP contribution is -2.22. The van der Waals surface area contributed by atoms with Crippen LogP contribution in [0.5, 0.6) is 5.75 Å².